The molecule has 0 bridgehead atoms. The summed E-state index contributed by atoms with van der Waals surface area (Å²) in [5.41, 5.74) is 3.10. The molecule has 4 aromatic carbocycles. The van der Waals surface area contributed by atoms with E-state index < -0.39 is 17.1 Å². The number of carbonyl (C=O) groups excluding carboxylic acids is 3. The van der Waals surface area contributed by atoms with E-state index in [0.717, 1.165) is 16.2 Å². The number of amides is 3. The third-order valence-electron chi connectivity index (χ3n) is 6.64. The van der Waals surface area contributed by atoms with Crippen molar-refractivity contribution >= 4 is 46.9 Å². The molecule has 0 aliphatic carbocycles. The highest BCUT2D eigenvalue weighted by Crippen LogP contribution is 2.37. The highest BCUT2D eigenvalue weighted by molar-refractivity contribution is 8.00. The van der Waals surface area contributed by atoms with E-state index in [2.05, 4.69) is 20.9 Å². The van der Waals surface area contributed by atoms with E-state index in [0.29, 0.717) is 29.1 Å². The first-order chi connectivity index (χ1) is 22.5. The molecule has 5 aromatic rings. The summed E-state index contributed by atoms with van der Waals surface area (Å²) in [6.07, 6.45) is 4.80. The van der Waals surface area contributed by atoms with E-state index >= 15 is 0 Å². The van der Waals surface area contributed by atoms with Crippen LogP contribution in [0.1, 0.15) is 33.7 Å². The van der Waals surface area contributed by atoms with Gasteiger partial charge in [0.15, 0.2) is 0 Å². The molecule has 1 atom stereocenters. The number of hydrogen-bond acceptors (Lipinski definition) is 6. The molecule has 0 spiro atoms. The number of anilines is 2. The normalized spacial score (nSPS) is 11.6. The van der Waals surface area contributed by atoms with Crippen molar-refractivity contribution in [2.45, 2.75) is 17.1 Å². The van der Waals surface area contributed by atoms with E-state index in [9.17, 15) is 14.4 Å². The Hall–Kier alpha value is -5.67. The van der Waals surface area contributed by atoms with Crippen LogP contribution in [-0.4, -0.2) is 29.3 Å². The molecule has 1 heterocycles. The van der Waals surface area contributed by atoms with Gasteiger partial charge in [0.2, 0.25) is 5.91 Å². The zero-order valence-corrected chi connectivity index (χ0v) is 25.9. The third kappa shape index (κ3) is 8.93. The van der Waals surface area contributed by atoms with Crippen LogP contribution in [0.25, 0.3) is 6.08 Å². The molecule has 3 N–H and O–H groups in total. The van der Waals surface area contributed by atoms with Crippen LogP contribution in [-0.2, 0) is 9.59 Å². The SMILES string of the molecule is CCOc1ccc(NC(=O)C(Sc2cccc(NC(=O)/C(=C/c3cccnc3)NC(=O)c3ccccc3)c2)c2ccccc2)cc1. The van der Waals surface area contributed by atoms with E-state index in [1.807, 2.05) is 61.5 Å². The first kappa shape index (κ1) is 31.7. The van der Waals surface area contributed by atoms with Crippen molar-refractivity contribution in [1.82, 2.24) is 10.3 Å². The van der Waals surface area contributed by atoms with Gasteiger partial charge in [0, 0.05) is 34.2 Å². The van der Waals surface area contributed by atoms with Crippen LogP contribution >= 0.6 is 11.8 Å². The van der Waals surface area contributed by atoms with Gasteiger partial charge in [0.05, 0.1) is 6.61 Å². The van der Waals surface area contributed by atoms with Crippen LogP contribution in [0.4, 0.5) is 11.4 Å². The lowest BCUT2D eigenvalue weighted by Crippen LogP contribution is -2.30. The van der Waals surface area contributed by atoms with E-state index in [1.54, 1.807) is 85.2 Å². The van der Waals surface area contributed by atoms with Gasteiger partial charge in [-0.25, -0.2) is 0 Å². The lowest BCUT2D eigenvalue weighted by atomic mass is 10.1. The second kappa shape index (κ2) is 15.9. The number of carbonyl (C=O) groups is 3. The molecule has 0 aliphatic rings. The maximum atomic E-state index is 13.6. The van der Waals surface area contributed by atoms with Crippen molar-refractivity contribution in [2.75, 3.05) is 17.2 Å². The molecule has 3 amide bonds. The number of benzene rings is 4. The molecule has 0 fully saturated rings. The van der Waals surface area contributed by atoms with Crippen molar-refractivity contribution in [2.24, 2.45) is 0 Å². The summed E-state index contributed by atoms with van der Waals surface area (Å²) < 4.78 is 5.51. The Morgan fingerprint density at radius 1 is 0.804 bits per heavy atom. The molecule has 1 unspecified atom stereocenters. The molecule has 230 valence electrons. The summed E-state index contributed by atoms with van der Waals surface area (Å²) in [5, 5.41) is 8.05. The highest BCUT2D eigenvalue weighted by Gasteiger charge is 2.23. The second-order valence-corrected chi connectivity index (χ2v) is 11.2. The molecular formula is C37H32N4O4S. The van der Waals surface area contributed by atoms with Gasteiger partial charge in [0.1, 0.15) is 16.7 Å². The standard InChI is InChI=1S/C37H32N4O4S/c1-2-45-31-20-18-29(19-21-31)39-37(44)34(27-12-5-3-6-13-27)46-32-17-9-16-30(24-32)40-36(43)33(23-26-11-10-22-38-25-26)41-35(42)28-14-7-4-8-15-28/h3-25,34H,2H2,1H3,(H,39,44)(H,40,43)(H,41,42)/b33-23-. The first-order valence-corrected chi connectivity index (χ1v) is 15.5. The van der Waals surface area contributed by atoms with Crippen LogP contribution in [0.15, 0.2) is 144 Å². The summed E-state index contributed by atoms with van der Waals surface area (Å²) in [7, 11) is 0. The van der Waals surface area contributed by atoms with E-state index in [1.165, 1.54) is 11.8 Å². The van der Waals surface area contributed by atoms with Crippen LogP contribution < -0.4 is 20.7 Å². The summed E-state index contributed by atoms with van der Waals surface area (Å²) in [5.74, 6) is -0.394. The maximum Gasteiger partial charge on any atom is 0.272 e. The molecule has 1 aromatic heterocycles. The average molecular weight is 629 g/mol. The van der Waals surface area contributed by atoms with Gasteiger partial charge in [-0.2, -0.15) is 0 Å². The summed E-state index contributed by atoms with van der Waals surface area (Å²) in [6, 6.07) is 36.2. The predicted octanol–water partition coefficient (Wildman–Crippen LogP) is 7.36. The Morgan fingerprint density at radius 2 is 1.54 bits per heavy atom. The molecule has 9 heteroatoms. The summed E-state index contributed by atoms with van der Waals surface area (Å²) in [6.45, 7) is 2.47. The molecular weight excluding hydrogens is 596 g/mol. The second-order valence-electron chi connectivity index (χ2n) is 10.0. The lowest BCUT2D eigenvalue weighted by Gasteiger charge is -2.18. The largest absolute Gasteiger partial charge is 0.494 e. The third-order valence-corrected chi connectivity index (χ3v) is 7.89. The molecule has 5 rings (SSSR count). The monoisotopic (exact) mass is 628 g/mol. The zero-order valence-electron chi connectivity index (χ0n) is 25.1. The van der Waals surface area contributed by atoms with Crippen LogP contribution in [0.2, 0.25) is 0 Å². The van der Waals surface area contributed by atoms with Crippen molar-refractivity contribution in [3.8, 4) is 5.75 Å². The number of nitrogens with zero attached hydrogens (tertiary/aromatic N) is 1. The van der Waals surface area contributed by atoms with E-state index in [-0.39, 0.29) is 11.6 Å². The Labute approximate surface area is 271 Å². The van der Waals surface area contributed by atoms with Crippen LogP contribution in [0, 0.1) is 0 Å². The van der Waals surface area contributed by atoms with Gasteiger partial charge in [-0.3, -0.25) is 19.4 Å². The maximum absolute atomic E-state index is 13.6. The minimum atomic E-state index is -0.579. The van der Waals surface area contributed by atoms with Gasteiger partial charge in [-0.1, -0.05) is 60.7 Å². The van der Waals surface area contributed by atoms with Gasteiger partial charge in [-0.05, 0) is 84.8 Å². The van der Waals surface area contributed by atoms with Crippen molar-refractivity contribution in [3.63, 3.8) is 0 Å². The number of aromatic nitrogens is 1. The smallest absolute Gasteiger partial charge is 0.272 e. The minimum Gasteiger partial charge on any atom is -0.494 e. The Morgan fingerprint density at radius 3 is 2.24 bits per heavy atom. The number of rotatable bonds is 12. The molecule has 0 aliphatic heterocycles. The van der Waals surface area contributed by atoms with Crippen molar-refractivity contribution < 1.29 is 19.1 Å². The Balaban J connectivity index is 1.34. The number of thioether (sulfide) groups is 1. The lowest BCUT2D eigenvalue weighted by molar-refractivity contribution is -0.116. The number of hydrogen-bond donors (Lipinski definition) is 3. The Bertz CT molecular complexity index is 1800. The van der Waals surface area contributed by atoms with Gasteiger partial charge in [0.25, 0.3) is 11.8 Å². The summed E-state index contributed by atoms with van der Waals surface area (Å²) >= 11 is 1.36. The zero-order chi connectivity index (χ0) is 32.1. The summed E-state index contributed by atoms with van der Waals surface area (Å²) in [4.78, 5) is 44.9. The molecule has 0 radical (unpaired) electrons. The number of ether oxygens (including phenoxy) is 1. The Kier molecular flexibility index (Phi) is 11.0. The minimum absolute atomic E-state index is 0.0526. The van der Waals surface area contributed by atoms with Gasteiger partial charge < -0.3 is 20.7 Å². The van der Waals surface area contributed by atoms with Crippen LogP contribution in [0.3, 0.4) is 0 Å². The van der Waals surface area contributed by atoms with Crippen molar-refractivity contribution in [3.05, 3.63) is 156 Å². The molecule has 0 saturated carbocycles. The molecule has 0 saturated heterocycles. The topological polar surface area (TPSA) is 109 Å². The first-order valence-electron chi connectivity index (χ1n) is 14.6. The van der Waals surface area contributed by atoms with Gasteiger partial charge in [-0.15, -0.1) is 11.8 Å². The fraction of sp³-hybridized carbons (Fsp3) is 0.0811. The van der Waals surface area contributed by atoms with E-state index in [4.69, 9.17) is 4.74 Å². The number of nitrogens with one attached hydrogen (secondary N) is 3. The fourth-order valence-corrected chi connectivity index (χ4v) is 5.55. The van der Waals surface area contributed by atoms with Crippen LogP contribution in [0.5, 0.6) is 5.75 Å². The van der Waals surface area contributed by atoms with Crippen molar-refractivity contribution in [1.29, 1.82) is 0 Å². The quantitative estimate of drug-likeness (QED) is 0.0984. The predicted molar refractivity (Wildman–Crippen MR) is 182 cm³/mol. The fourth-order valence-electron chi connectivity index (χ4n) is 4.46. The highest BCUT2D eigenvalue weighted by atomic mass is 32.2. The average Bonchev–Trinajstić information content (AvgIpc) is 3.09. The molecule has 46 heavy (non-hydrogen) atoms. The molecule has 8 nitrogen and oxygen atoms in total. The number of pyridine rings is 1. The van der Waals surface area contributed by atoms with Gasteiger partial charge >= 0.3 is 0 Å².